The van der Waals surface area contributed by atoms with Crippen molar-refractivity contribution in [1.29, 1.82) is 0 Å². The molecule has 3 rings (SSSR count). The van der Waals surface area contributed by atoms with Crippen LogP contribution in [0.15, 0.2) is 34.9 Å². The highest BCUT2D eigenvalue weighted by molar-refractivity contribution is 6.39. The fourth-order valence-electron chi connectivity index (χ4n) is 2.39. The van der Waals surface area contributed by atoms with Gasteiger partial charge in [0.15, 0.2) is 17.1 Å². The Labute approximate surface area is 174 Å². The first-order valence-corrected chi connectivity index (χ1v) is 9.02. The number of anilines is 2. The van der Waals surface area contributed by atoms with E-state index in [4.69, 9.17) is 37.2 Å². The molecule has 0 radical (unpaired) electrons. The Bertz CT molecular complexity index is 1030. The highest BCUT2D eigenvalue weighted by Crippen LogP contribution is 2.39. The monoisotopic (exact) mass is 436 g/mol. The zero-order chi connectivity index (χ0) is 21.0. The number of methoxy groups -OCH3 is 1. The minimum absolute atomic E-state index is 0.0289. The molecule has 29 heavy (non-hydrogen) atoms. The molecule has 0 amide bonds. The van der Waals surface area contributed by atoms with Gasteiger partial charge in [0.05, 0.1) is 23.8 Å². The molecule has 0 spiro atoms. The molecule has 150 valence electrons. The second-order valence-electron chi connectivity index (χ2n) is 5.47. The lowest BCUT2D eigenvalue weighted by atomic mass is 10.1. The molecular weight excluding hydrogens is 423 g/mol. The second-order valence-corrected chi connectivity index (χ2v) is 6.29. The normalized spacial score (nSPS) is 10.5. The Morgan fingerprint density at radius 1 is 1.10 bits per heavy atom. The molecule has 0 saturated heterocycles. The fourth-order valence-corrected chi connectivity index (χ4v) is 2.97. The minimum Gasteiger partial charge on any atom is -0.465 e. The summed E-state index contributed by atoms with van der Waals surface area (Å²) in [6, 6.07) is 7.74. The summed E-state index contributed by atoms with van der Waals surface area (Å²) in [5.74, 6) is -1.19. The smallest absolute Gasteiger partial charge is 0.358 e. The Morgan fingerprint density at radius 2 is 1.83 bits per heavy atom. The topological polar surface area (TPSA) is 116 Å². The first-order chi connectivity index (χ1) is 14.0. The standard InChI is InChI=1S/C18H14Cl2N4O5/c1-3-28-17(25)11-7-8-12(23-22-11)21-16-14(18(26)27-2)15(24-29-16)13-9(19)5-4-6-10(13)20/h4-8H,3H2,1-2H3,(H,21,23). The lowest BCUT2D eigenvalue weighted by molar-refractivity contribution is 0.0517. The number of nitrogens with one attached hydrogen (secondary N) is 1. The van der Waals surface area contributed by atoms with Gasteiger partial charge in [0.25, 0.3) is 0 Å². The van der Waals surface area contributed by atoms with Crippen LogP contribution < -0.4 is 5.32 Å². The van der Waals surface area contributed by atoms with Crippen LogP contribution in [0.1, 0.15) is 27.8 Å². The highest BCUT2D eigenvalue weighted by Gasteiger charge is 2.28. The summed E-state index contributed by atoms with van der Waals surface area (Å²) in [6.45, 7) is 1.90. The van der Waals surface area contributed by atoms with Crippen LogP contribution in [0.25, 0.3) is 11.3 Å². The summed E-state index contributed by atoms with van der Waals surface area (Å²) < 4.78 is 14.9. The minimum atomic E-state index is -0.726. The fraction of sp³-hybridized carbons (Fsp3) is 0.167. The first kappa shape index (κ1) is 20.6. The molecule has 0 aliphatic carbocycles. The van der Waals surface area contributed by atoms with E-state index in [2.05, 4.69) is 20.7 Å². The Kier molecular flexibility index (Phi) is 6.30. The van der Waals surface area contributed by atoms with Gasteiger partial charge in [-0.25, -0.2) is 9.59 Å². The van der Waals surface area contributed by atoms with Gasteiger partial charge in [0.2, 0.25) is 5.88 Å². The molecule has 0 aliphatic heterocycles. The predicted octanol–water partition coefficient (Wildman–Crippen LogP) is 4.15. The molecule has 1 aromatic carbocycles. The van der Waals surface area contributed by atoms with Gasteiger partial charge >= 0.3 is 11.9 Å². The van der Waals surface area contributed by atoms with Gasteiger partial charge in [-0.05, 0) is 31.2 Å². The van der Waals surface area contributed by atoms with E-state index in [9.17, 15) is 9.59 Å². The molecule has 0 bridgehead atoms. The van der Waals surface area contributed by atoms with E-state index in [0.29, 0.717) is 5.56 Å². The SMILES string of the molecule is CCOC(=O)c1ccc(Nc2onc(-c3c(Cl)cccc3Cl)c2C(=O)OC)nn1. The Balaban J connectivity index is 1.97. The number of benzene rings is 1. The number of hydrogen-bond donors (Lipinski definition) is 1. The van der Waals surface area contributed by atoms with Crippen molar-refractivity contribution in [1.82, 2.24) is 15.4 Å². The number of nitrogens with zero attached hydrogens (tertiary/aromatic N) is 3. The van der Waals surface area contributed by atoms with Crippen molar-refractivity contribution < 1.29 is 23.6 Å². The number of esters is 2. The van der Waals surface area contributed by atoms with Crippen LogP contribution in [-0.4, -0.2) is 41.0 Å². The van der Waals surface area contributed by atoms with Crippen molar-refractivity contribution in [3.63, 3.8) is 0 Å². The summed E-state index contributed by atoms with van der Waals surface area (Å²) >= 11 is 12.4. The maximum atomic E-state index is 12.4. The van der Waals surface area contributed by atoms with Crippen LogP contribution in [0.3, 0.4) is 0 Å². The van der Waals surface area contributed by atoms with Gasteiger partial charge in [-0.1, -0.05) is 34.4 Å². The van der Waals surface area contributed by atoms with Crippen molar-refractivity contribution in [2.24, 2.45) is 0 Å². The molecular formula is C18H14Cl2N4O5. The van der Waals surface area contributed by atoms with E-state index >= 15 is 0 Å². The van der Waals surface area contributed by atoms with E-state index in [1.54, 1.807) is 25.1 Å². The molecule has 0 aliphatic rings. The zero-order valence-electron chi connectivity index (χ0n) is 15.2. The number of carbonyl (C=O) groups is 2. The van der Waals surface area contributed by atoms with Crippen molar-refractivity contribution in [3.8, 4) is 11.3 Å². The number of rotatable bonds is 6. The first-order valence-electron chi connectivity index (χ1n) is 8.26. The Hall–Kier alpha value is -3.17. The van der Waals surface area contributed by atoms with Crippen LogP contribution in [0.2, 0.25) is 10.0 Å². The van der Waals surface area contributed by atoms with Gasteiger partial charge in [0.1, 0.15) is 5.69 Å². The number of hydrogen-bond acceptors (Lipinski definition) is 9. The van der Waals surface area contributed by atoms with E-state index in [-0.39, 0.29) is 45.3 Å². The van der Waals surface area contributed by atoms with Crippen LogP contribution in [0, 0.1) is 0 Å². The summed E-state index contributed by atoms with van der Waals surface area (Å²) in [4.78, 5) is 24.0. The van der Waals surface area contributed by atoms with Gasteiger partial charge in [-0.15, -0.1) is 10.2 Å². The highest BCUT2D eigenvalue weighted by atomic mass is 35.5. The van der Waals surface area contributed by atoms with E-state index in [1.807, 2.05) is 0 Å². The summed E-state index contributed by atoms with van der Waals surface area (Å²) in [7, 11) is 1.21. The number of carbonyl (C=O) groups excluding carboxylic acids is 2. The van der Waals surface area contributed by atoms with Crippen molar-refractivity contribution in [2.45, 2.75) is 6.92 Å². The maximum Gasteiger partial charge on any atom is 0.358 e. The van der Waals surface area contributed by atoms with Crippen LogP contribution >= 0.6 is 23.2 Å². The third-order valence-electron chi connectivity index (χ3n) is 3.67. The van der Waals surface area contributed by atoms with E-state index in [0.717, 1.165) is 0 Å². The molecule has 0 atom stereocenters. The molecule has 0 unspecified atom stereocenters. The lowest BCUT2D eigenvalue weighted by Gasteiger charge is -2.07. The van der Waals surface area contributed by atoms with Gasteiger partial charge in [-0.3, -0.25) is 0 Å². The second kappa shape index (κ2) is 8.89. The molecule has 2 aromatic heterocycles. The molecule has 11 heteroatoms. The average molecular weight is 437 g/mol. The summed E-state index contributed by atoms with van der Waals surface area (Å²) in [6.07, 6.45) is 0. The summed E-state index contributed by atoms with van der Waals surface area (Å²) in [5.41, 5.74) is 0.424. The van der Waals surface area contributed by atoms with Crippen LogP contribution in [0.5, 0.6) is 0 Å². The number of aromatic nitrogens is 3. The Morgan fingerprint density at radius 3 is 2.41 bits per heavy atom. The third kappa shape index (κ3) is 4.30. The molecule has 0 saturated carbocycles. The lowest BCUT2D eigenvalue weighted by Crippen LogP contribution is -2.09. The quantitative estimate of drug-likeness (QED) is 0.568. The van der Waals surface area contributed by atoms with Crippen molar-refractivity contribution >= 4 is 46.8 Å². The van der Waals surface area contributed by atoms with Crippen molar-refractivity contribution in [3.05, 3.63) is 51.6 Å². The number of halogens is 2. The third-order valence-corrected chi connectivity index (χ3v) is 4.30. The maximum absolute atomic E-state index is 12.4. The molecule has 9 nitrogen and oxygen atoms in total. The average Bonchev–Trinajstić information content (AvgIpc) is 3.11. The van der Waals surface area contributed by atoms with Crippen molar-refractivity contribution in [2.75, 3.05) is 19.0 Å². The van der Waals surface area contributed by atoms with E-state index in [1.165, 1.54) is 19.2 Å². The summed E-state index contributed by atoms with van der Waals surface area (Å²) in [5, 5.41) is 14.9. The molecule has 3 aromatic rings. The van der Waals surface area contributed by atoms with Gasteiger partial charge < -0.3 is 19.3 Å². The van der Waals surface area contributed by atoms with Crippen LogP contribution in [0.4, 0.5) is 11.7 Å². The number of ether oxygens (including phenoxy) is 2. The molecule has 0 fully saturated rings. The molecule has 1 N–H and O–H groups in total. The van der Waals surface area contributed by atoms with Gasteiger partial charge in [0, 0.05) is 5.56 Å². The largest absolute Gasteiger partial charge is 0.465 e. The van der Waals surface area contributed by atoms with E-state index < -0.39 is 11.9 Å². The van der Waals surface area contributed by atoms with Gasteiger partial charge in [-0.2, -0.15) is 0 Å². The zero-order valence-corrected chi connectivity index (χ0v) is 16.7. The predicted molar refractivity (Wildman–Crippen MR) is 105 cm³/mol. The molecule has 2 heterocycles. The van der Waals surface area contributed by atoms with Crippen LogP contribution in [-0.2, 0) is 9.47 Å².